The largest absolute Gasteiger partial charge is 0.484 e. The second-order valence-electron chi connectivity index (χ2n) is 9.45. The van der Waals surface area contributed by atoms with E-state index >= 15 is 0 Å². The molecule has 2 amide bonds. The molecule has 36 heavy (non-hydrogen) atoms. The highest BCUT2D eigenvalue weighted by molar-refractivity contribution is 6.30. The maximum absolute atomic E-state index is 13.6. The van der Waals surface area contributed by atoms with Gasteiger partial charge in [0.25, 0.3) is 5.91 Å². The average molecular weight is 505 g/mol. The minimum absolute atomic E-state index is 0.122. The fourth-order valence-corrected chi connectivity index (χ4v) is 4.77. The highest BCUT2D eigenvalue weighted by Gasteiger charge is 2.32. The molecule has 0 saturated heterocycles. The van der Waals surface area contributed by atoms with Gasteiger partial charge in [0.2, 0.25) is 5.91 Å². The Kier molecular flexibility index (Phi) is 9.01. The predicted molar refractivity (Wildman–Crippen MR) is 143 cm³/mol. The van der Waals surface area contributed by atoms with Gasteiger partial charge in [-0.05, 0) is 60.7 Å². The molecule has 4 rings (SSSR count). The summed E-state index contributed by atoms with van der Waals surface area (Å²) in [6.45, 7) is 2.10. The number of rotatable bonds is 10. The van der Waals surface area contributed by atoms with Crippen LogP contribution in [0, 0.1) is 6.92 Å². The third kappa shape index (κ3) is 7.34. The molecule has 188 valence electrons. The first-order valence-electron chi connectivity index (χ1n) is 12.6. The highest BCUT2D eigenvalue weighted by atomic mass is 35.5. The summed E-state index contributed by atoms with van der Waals surface area (Å²) in [6, 6.07) is 24.3. The van der Waals surface area contributed by atoms with Gasteiger partial charge < -0.3 is 15.0 Å². The Balaban J connectivity index is 1.60. The van der Waals surface area contributed by atoms with E-state index in [1.807, 2.05) is 73.7 Å². The highest BCUT2D eigenvalue weighted by Crippen LogP contribution is 2.21. The molecule has 1 aliphatic rings. The molecule has 0 bridgehead atoms. The summed E-state index contributed by atoms with van der Waals surface area (Å²) in [4.78, 5) is 28.9. The lowest BCUT2D eigenvalue weighted by Gasteiger charge is -2.32. The minimum atomic E-state index is -0.669. The molecule has 3 aromatic rings. The van der Waals surface area contributed by atoms with E-state index in [4.69, 9.17) is 16.3 Å². The first-order chi connectivity index (χ1) is 17.5. The summed E-state index contributed by atoms with van der Waals surface area (Å²) in [7, 11) is 0. The molecule has 1 fully saturated rings. The molecule has 1 N–H and O–H groups in total. The number of hydrogen-bond donors (Lipinski definition) is 1. The second kappa shape index (κ2) is 12.6. The van der Waals surface area contributed by atoms with E-state index in [1.54, 1.807) is 17.0 Å². The Hall–Kier alpha value is -3.31. The van der Waals surface area contributed by atoms with Gasteiger partial charge in [-0.25, -0.2) is 0 Å². The van der Waals surface area contributed by atoms with Gasteiger partial charge in [-0.3, -0.25) is 9.59 Å². The lowest BCUT2D eigenvalue weighted by molar-refractivity contribution is -0.143. The first-order valence-corrected chi connectivity index (χ1v) is 12.9. The number of benzene rings is 3. The lowest BCUT2D eigenvalue weighted by Crippen LogP contribution is -2.53. The summed E-state index contributed by atoms with van der Waals surface area (Å²) >= 11 is 6.09. The Morgan fingerprint density at radius 1 is 0.972 bits per heavy atom. The number of amides is 2. The van der Waals surface area contributed by atoms with Crippen LogP contribution >= 0.6 is 11.6 Å². The van der Waals surface area contributed by atoms with E-state index in [1.165, 1.54) is 0 Å². The molecular weight excluding hydrogens is 472 g/mol. The van der Waals surface area contributed by atoms with E-state index in [0.29, 0.717) is 17.2 Å². The summed E-state index contributed by atoms with van der Waals surface area (Å²) in [5.41, 5.74) is 2.95. The Bertz CT molecular complexity index is 1140. The van der Waals surface area contributed by atoms with Crippen LogP contribution in [-0.2, 0) is 22.6 Å². The van der Waals surface area contributed by atoms with Gasteiger partial charge in [0.1, 0.15) is 11.8 Å². The first kappa shape index (κ1) is 25.8. The van der Waals surface area contributed by atoms with Crippen molar-refractivity contribution < 1.29 is 14.3 Å². The molecule has 0 unspecified atom stereocenters. The van der Waals surface area contributed by atoms with Gasteiger partial charge in [-0.1, -0.05) is 79.0 Å². The van der Waals surface area contributed by atoms with Crippen LogP contribution < -0.4 is 10.1 Å². The van der Waals surface area contributed by atoms with Crippen LogP contribution in [0.25, 0.3) is 0 Å². The van der Waals surface area contributed by atoms with Crippen molar-refractivity contribution in [3.05, 3.63) is 101 Å². The number of hydrogen-bond acceptors (Lipinski definition) is 3. The number of carbonyl (C=O) groups is 2. The molecule has 0 aliphatic heterocycles. The quantitative estimate of drug-likeness (QED) is 0.384. The molecule has 1 atom stereocenters. The van der Waals surface area contributed by atoms with E-state index < -0.39 is 6.04 Å². The van der Waals surface area contributed by atoms with Crippen molar-refractivity contribution >= 4 is 23.4 Å². The van der Waals surface area contributed by atoms with Crippen LogP contribution in [0.3, 0.4) is 0 Å². The van der Waals surface area contributed by atoms with E-state index in [0.717, 1.165) is 42.4 Å². The van der Waals surface area contributed by atoms with Gasteiger partial charge in [0, 0.05) is 24.0 Å². The number of aryl methyl sites for hydroxylation is 1. The molecule has 0 aromatic heterocycles. The zero-order valence-electron chi connectivity index (χ0n) is 20.7. The molecule has 0 radical (unpaired) electrons. The van der Waals surface area contributed by atoms with Crippen LogP contribution in [0.1, 0.15) is 42.4 Å². The van der Waals surface area contributed by atoms with Crippen molar-refractivity contribution in [2.75, 3.05) is 6.61 Å². The summed E-state index contributed by atoms with van der Waals surface area (Å²) < 4.78 is 5.86. The minimum Gasteiger partial charge on any atom is -0.484 e. The monoisotopic (exact) mass is 504 g/mol. The van der Waals surface area contributed by atoms with Crippen molar-refractivity contribution in [2.24, 2.45) is 0 Å². The van der Waals surface area contributed by atoms with E-state index in [-0.39, 0.29) is 31.0 Å². The van der Waals surface area contributed by atoms with Gasteiger partial charge in [0.15, 0.2) is 6.61 Å². The normalized spacial score (nSPS) is 14.3. The zero-order chi connectivity index (χ0) is 25.3. The van der Waals surface area contributed by atoms with Crippen molar-refractivity contribution in [3.8, 4) is 5.75 Å². The fraction of sp³-hybridized carbons (Fsp3) is 0.333. The van der Waals surface area contributed by atoms with Crippen LogP contribution in [-0.4, -0.2) is 35.4 Å². The van der Waals surface area contributed by atoms with Crippen LogP contribution in [0.5, 0.6) is 5.75 Å². The van der Waals surface area contributed by atoms with Crippen LogP contribution in [0.4, 0.5) is 0 Å². The molecule has 1 aliphatic carbocycles. The van der Waals surface area contributed by atoms with Gasteiger partial charge in [0.05, 0.1) is 0 Å². The molecule has 0 heterocycles. The maximum atomic E-state index is 13.6. The Labute approximate surface area is 218 Å². The summed E-state index contributed by atoms with van der Waals surface area (Å²) in [5, 5.41) is 3.84. The van der Waals surface area contributed by atoms with Crippen LogP contribution in [0.15, 0.2) is 78.9 Å². The Morgan fingerprint density at radius 3 is 2.39 bits per heavy atom. The number of ether oxygens (including phenoxy) is 1. The van der Waals surface area contributed by atoms with Gasteiger partial charge in [-0.15, -0.1) is 0 Å². The smallest absolute Gasteiger partial charge is 0.261 e. The predicted octanol–water partition coefficient (Wildman–Crippen LogP) is 5.73. The third-order valence-corrected chi connectivity index (χ3v) is 6.84. The standard InChI is InChI=1S/C30H33ClN2O3/c1-22-8-7-13-27(18-22)36-21-29(34)33(20-24-14-16-25(31)17-15-24)28(19-23-9-3-2-4-10-23)30(35)32-26-11-5-6-12-26/h2-4,7-10,13-18,26,28H,5-6,11-12,19-21H2,1H3,(H,32,35)/t28-/m0/s1. The van der Waals surface area contributed by atoms with E-state index in [9.17, 15) is 9.59 Å². The van der Waals surface area contributed by atoms with Gasteiger partial charge in [-0.2, -0.15) is 0 Å². The van der Waals surface area contributed by atoms with Crippen molar-refractivity contribution in [3.63, 3.8) is 0 Å². The number of halogens is 1. The SMILES string of the molecule is Cc1cccc(OCC(=O)N(Cc2ccc(Cl)cc2)[C@@H](Cc2ccccc2)C(=O)NC2CCCC2)c1. The van der Waals surface area contributed by atoms with Crippen molar-refractivity contribution in [2.45, 2.75) is 57.7 Å². The lowest BCUT2D eigenvalue weighted by atomic mass is 10.0. The fourth-order valence-electron chi connectivity index (χ4n) is 4.64. The van der Waals surface area contributed by atoms with Gasteiger partial charge >= 0.3 is 0 Å². The molecule has 1 saturated carbocycles. The van der Waals surface area contributed by atoms with Crippen molar-refractivity contribution in [1.29, 1.82) is 0 Å². The van der Waals surface area contributed by atoms with Crippen LogP contribution in [0.2, 0.25) is 5.02 Å². The van der Waals surface area contributed by atoms with Crippen molar-refractivity contribution in [1.82, 2.24) is 10.2 Å². The number of nitrogens with one attached hydrogen (secondary N) is 1. The molecule has 5 nitrogen and oxygen atoms in total. The second-order valence-corrected chi connectivity index (χ2v) is 9.89. The molecule has 3 aromatic carbocycles. The summed E-state index contributed by atoms with van der Waals surface area (Å²) in [6.07, 6.45) is 4.61. The maximum Gasteiger partial charge on any atom is 0.261 e. The Morgan fingerprint density at radius 2 is 1.69 bits per heavy atom. The molecular formula is C30H33ClN2O3. The van der Waals surface area contributed by atoms with E-state index in [2.05, 4.69) is 5.32 Å². The summed E-state index contributed by atoms with van der Waals surface area (Å²) in [5.74, 6) is 0.266. The molecule has 6 heteroatoms. The number of nitrogens with zero attached hydrogens (tertiary/aromatic N) is 1. The third-order valence-electron chi connectivity index (χ3n) is 6.59. The molecule has 0 spiro atoms. The average Bonchev–Trinajstić information content (AvgIpc) is 3.39. The topological polar surface area (TPSA) is 58.6 Å². The zero-order valence-corrected chi connectivity index (χ0v) is 21.4. The number of carbonyl (C=O) groups excluding carboxylic acids is 2.